The molecule has 5 heteroatoms. The summed E-state index contributed by atoms with van der Waals surface area (Å²) in [6, 6.07) is 5.44. The van der Waals surface area contributed by atoms with Gasteiger partial charge in [0.2, 0.25) is 0 Å². The zero-order valence-corrected chi connectivity index (χ0v) is 12.7. The Morgan fingerprint density at radius 2 is 2.20 bits per heavy atom. The molecule has 0 aliphatic heterocycles. The lowest BCUT2D eigenvalue weighted by Crippen LogP contribution is -2.38. The molecule has 0 saturated heterocycles. The van der Waals surface area contributed by atoms with Crippen molar-refractivity contribution in [1.82, 2.24) is 9.88 Å². The molecule has 0 aliphatic carbocycles. The maximum absolute atomic E-state index is 12.6. The first kappa shape index (κ1) is 14.5. The van der Waals surface area contributed by atoms with E-state index in [1.807, 2.05) is 31.4 Å². The molecule has 0 atom stereocenters. The highest BCUT2D eigenvalue weighted by Crippen LogP contribution is 2.15. The zero-order chi connectivity index (χ0) is 14.7. The minimum absolute atomic E-state index is 0.0327. The van der Waals surface area contributed by atoms with Crippen molar-refractivity contribution in [1.29, 1.82) is 0 Å². The maximum atomic E-state index is 12.6. The Kier molecular flexibility index (Phi) is 4.39. The van der Waals surface area contributed by atoms with E-state index in [2.05, 4.69) is 4.98 Å². The fraction of sp³-hybridized carbons (Fsp3) is 0.333. The summed E-state index contributed by atoms with van der Waals surface area (Å²) in [4.78, 5) is 30.3. The molecule has 0 spiro atoms. The van der Waals surface area contributed by atoms with Gasteiger partial charge in [0.15, 0.2) is 5.43 Å². The smallest absolute Gasteiger partial charge is 0.259 e. The molecule has 1 amide bonds. The molecule has 4 nitrogen and oxygen atoms in total. The minimum Gasteiger partial charge on any atom is -0.364 e. The molecule has 0 aliphatic rings. The van der Waals surface area contributed by atoms with E-state index in [0.29, 0.717) is 6.54 Å². The van der Waals surface area contributed by atoms with E-state index in [9.17, 15) is 9.59 Å². The van der Waals surface area contributed by atoms with Gasteiger partial charge in [-0.2, -0.15) is 0 Å². The lowest BCUT2D eigenvalue weighted by atomic mass is 10.2. The van der Waals surface area contributed by atoms with Crippen LogP contribution in [0.4, 0.5) is 0 Å². The van der Waals surface area contributed by atoms with Gasteiger partial charge in [0.1, 0.15) is 5.56 Å². The SMILES string of the molecule is Cc1cc(=O)c(C(=O)N(Cc2cccs2)C(C)C)c[nH]1. The summed E-state index contributed by atoms with van der Waals surface area (Å²) in [5.41, 5.74) is 0.713. The van der Waals surface area contributed by atoms with Gasteiger partial charge in [-0.3, -0.25) is 9.59 Å². The first-order valence-electron chi connectivity index (χ1n) is 6.51. The summed E-state index contributed by atoms with van der Waals surface area (Å²) in [7, 11) is 0. The number of rotatable bonds is 4. The first-order chi connectivity index (χ1) is 9.49. The van der Waals surface area contributed by atoms with E-state index in [4.69, 9.17) is 0 Å². The summed E-state index contributed by atoms with van der Waals surface area (Å²) in [6.07, 6.45) is 1.50. The largest absolute Gasteiger partial charge is 0.364 e. The lowest BCUT2D eigenvalue weighted by Gasteiger charge is -2.26. The molecule has 2 aromatic rings. The molecule has 0 unspecified atom stereocenters. The fourth-order valence-electron chi connectivity index (χ4n) is 1.95. The van der Waals surface area contributed by atoms with Gasteiger partial charge >= 0.3 is 0 Å². The van der Waals surface area contributed by atoms with Crippen molar-refractivity contribution >= 4 is 17.2 Å². The number of aromatic nitrogens is 1. The summed E-state index contributed by atoms with van der Waals surface area (Å²) in [5, 5.41) is 1.98. The monoisotopic (exact) mass is 290 g/mol. The third kappa shape index (κ3) is 3.17. The van der Waals surface area contributed by atoms with Crippen LogP contribution in [0.1, 0.15) is 34.8 Å². The van der Waals surface area contributed by atoms with Gasteiger partial charge in [-0.15, -0.1) is 11.3 Å². The van der Waals surface area contributed by atoms with Gasteiger partial charge in [0, 0.05) is 28.9 Å². The van der Waals surface area contributed by atoms with Gasteiger partial charge in [0.25, 0.3) is 5.91 Å². The van der Waals surface area contributed by atoms with Gasteiger partial charge < -0.3 is 9.88 Å². The number of nitrogens with one attached hydrogen (secondary N) is 1. The van der Waals surface area contributed by atoms with Crippen LogP contribution in [0, 0.1) is 6.92 Å². The number of aryl methyl sites for hydroxylation is 1. The number of nitrogens with zero attached hydrogens (tertiary/aromatic N) is 1. The quantitative estimate of drug-likeness (QED) is 0.941. The fourth-order valence-corrected chi connectivity index (χ4v) is 2.66. The van der Waals surface area contributed by atoms with Gasteiger partial charge in [-0.25, -0.2) is 0 Å². The molecule has 0 bridgehead atoms. The van der Waals surface area contributed by atoms with E-state index in [1.54, 1.807) is 23.2 Å². The van der Waals surface area contributed by atoms with Gasteiger partial charge in [-0.05, 0) is 32.2 Å². The summed E-state index contributed by atoms with van der Waals surface area (Å²) >= 11 is 1.61. The molecule has 0 aromatic carbocycles. The molecule has 2 aromatic heterocycles. The number of carbonyl (C=O) groups is 1. The van der Waals surface area contributed by atoms with E-state index in [0.717, 1.165) is 10.6 Å². The highest BCUT2D eigenvalue weighted by atomic mass is 32.1. The summed E-state index contributed by atoms with van der Waals surface area (Å²) in [6.45, 7) is 6.23. The second kappa shape index (κ2) is 6.05. The van der Waals surface area contributed by atoms with Crippen molar-refractivity contribution in [2.75, 3.05) is 0 Å². The van der Waals surface area contributed by atoms with Crippen LogP contribution in [0.3, 0.4) is 0 Å². The average molecular weight is 290 g/mol. The Morgan fingerprint density at radius 1 is 1.45 bits per heavy atom. The predicted octanol–water partition coefficient (Wildman–Crippen LogP) is 2.80. The lowest BCUT2D eigenvalue weighted by molar-refractivity contribution is 0.0690. The number of H-pyrrole nitrogens is 1. The van der Waals surface area contributed by atoms with Crippen molar-refractivity contribution in [2.24, 2.45) is 0 Å². The Morgan fingerprint density at radius 3 is 2.75 bits per heavy atom. The van der Waals surface area contributed by atoms with Crippen LogP contribution < -0.4 is 5.43 Å². The first-order valence-corrected chi connectivity index (χ1v) is 7.39. The van der Waals surface area contributed by atoms with Crippen LogP contribution in [-0.4, -0.2) is 21.8 Å². The highest BCUT2D eigenvalue weighted by Gasteiger charge is 2.21. The molecule has 20 heavy (non-hydrogen) atoms. The Hall–Kier alpha value is -1.88. The minimum atomic E-state index is -0.233. The second-order valence-corrected chi connectivity index (χ2v) is 6.03. The van der Waals surface area contributed by atoms with E-state index >= 15 is 0 Å². The molecule has 0 radical (unpaired) electrons. The van der Waals surface area contributed by atoms with Crippen molar-refractivity contribution in [3.8, 4) is 0 Å². The predicted molar refractivity (Wildman–Crippen MR) is 81.1 cm³/mol. The van der Waals surface area contributed by atoms with Crippen LogP contribution in [0.25, 0.3) is 0 Å². The Balaban J connectivity index is 2.29. The van der Waals surface area contributed by atoms with Crippen molar-refractivity contribution in [2.45, 2.75) is 33.4 Å². The van der Waals surface area contributed by atoms with Crippen molar-refractivity contribution < 1.29 is 4.79 Å². The molecule has 0 fully saturated rings. The second-order valence-electron chi connectivity index (χ2n) is 5.00. The molecule has 2 heterocycles. The molecule has 1 N–H and O–H groups in total. The Labute approximate surface area is 122 Å². The third-order valence-electron chi connectivity index (χ3n) is 3.08. The van der Waals surface area contributed by atoms with Crippen LogP contribution in [-0.2, 0) is 6.54 Å². The van der Waals surface area contributed by atoms with Crippen LogP contribution in [0.15, 0.2) is 34.6 Å². The zero-order valence-electron chi connectivity index (χ0n) is 11.8. The number of carbonyl (C=O) groups excluding carboxylic acids is 1. The van der Waals surface area contributed by atoms with Crippen molar-refractivity contribution in [3.63, 3.8) is 0 Å². The summed E-state index contributed by atoms with van der Waals surface area (Å²) in [5.74, 6) is -0.227. The number of thiophene rings is 1. The molecule has 2 rings (SSSR count). The number of hydrogen-bond acceptors (Lipinski definition) is 3. The molecular formula is C15H18N2O2S. The van der Waals surface area contributed by atoms with Crippen LogP contribution in [0.5, 0.6) is 0 Å². The third-order valence-corrected chi connectivity index (χ3v) is 3.94. The van der Waals surface area contributed by atoms with Crippen LogP contribution >= 0.6 is 11.3 Å². The van der Waals surface area contributed by atoms with Crippen molar-refractivity contribution in [3.05, 3.63) is 56.1 Å². The molecular weight excluding hydrogens is 272 g/mol. The normalized spacial score (nSPS) is 10.8. The number of aromatic amines is 1. The number of hydrogen-bond donors (Lipinski definition) is 1. The number of amides is 1. The Bertz CT molecular complexity index is 644. The standard InChI is InChI=1S/C15H18N2O2S/c1-10(2)17(9-12-5-4-6-20-12)15(19)13-8-16-11(3)7-14(13)18/h4-8,10H,9H2,1-3H3,(H,16,18). The van der Waals surface area contributed by atoms with Crippen LogP contribution in [0.2, 0.25) is 0 Å². The maximum Gasteiger partial charge on any atom is 0.259 e. The van der Waals surface area contributed by atoms with E-state index in [1.165, 1.54) is 12.3 Å². The van der Waals surface area contributed by atoms with Gasteiger partial charge in [0.05, 0.1) is 6.54 Å². The van der Waals surface area contributed by atoms with E-state index < -0.39 is 0 Å². The average Bonchev–Trinajstić information content (AvgIpc) is 2.87. The molecule has 0 saturated carbocycles. The van der Waals surface area contributed by atoms with Gasteiger partial charge in [-0.1, -0.05) is 6.07 Å². The summed E-state index contributed by atoms with van der Waals surface area (Å²) < 4.78 is 0. The molecule has 106 valence electrons. The highest BCUT2D eigenvalue weighted by molar-refractivity contribution is 7.09. The number of pyridine rings is 1. The topological polar surface area (TPSA) is 53.2 Å². The van der Waals surface area contributed by atoms with E-state index in [-0.39, 0.29) is 22.9 Å².